The van der Waals surface area contributed by atoms with Crippen LogP contribution in [0.1, 0.15) is 33.3 Å². The average Bonchev–Trinajstić information content (AvgIpc) is 2.45. The minimum atomic E-state index is 0.615. The Bertz CT molecular complexity index is 385. The molecule has 1 nitrogen and oxygen atoms in total. The average molecular weight is 244 g/mol. The molecule has 0 unspecified atom stereocenters. The van der Waals surface area contributed by atoms with Gasteiger partial charge in [0.05, 0.1) is 5.76 Å². The van der Waals surface area contributed by atoms with Crippen molar-refractivity contribution in [2.45, 2.75) is 34.3 Å². The molecule has 0 amide bonds. The molecule has 0 aliphatic carbocycles. The number of benzene rings is 1. The summed E-state index contributed by atoms with van der Waals surface area (Å²) in [6.45, 7) is 12.3. The third kappa shape index (κ3) is 7.50. The van der Waals surface area contributed by atoms with E-state index in [0.717, 1.165) is 11.3 Å². The molecule has 0 aliphatic heterocycles. The largest absolute Gasteiger partial charge is 0.494 e. The molecule has 18 heavy (non-hydrogen) atoms. The Hall–Kier alpha value is -1.76. The Morgan fingerprint density at radius 2 is 1.72 bits per heavy atom. The number of hydrogen-bond acceptors (Lipinski definition) is 1. The van der Waals surface area contributed by atoms with Gasteiger partial charge in [0.1, 0.15) is 6.61 Å². The van der Waals surface area contributed by atoms with E-state index in [1.54, 1.807) is 0 Å². The molecule has 0 atom stereocenters. The van der Waals surface area contributed by atoms with Crippen LogP contribution >= 0.6 is 0 Å². The molecular weight excluding hydrogens is 220 g/mol. The molecule has 0 N–H and O–H groups in total. The fraction of sp³-hybridized carbons (Fsp3) is 0.294. The number of ether oxygens (including phenoxy) is 1. The molecule has 0 bridgehead atoms. The minimum Gasteiger partial charge on any atom is -0.494 e. The summed E-state index contributed by atoms with van der Waals surface area (Å²) in [4.78, 5) is 0. The van der Waals surface area contributed by atoms with Crippen LogP contribution in [0, 0.1) is 0 Å². The smallest absolute Gasteiger partial charge is 0.113 e. The van der Waals surface area contributed by atoms with Crippen LogP contribution in [0.15, 0.2) is 66.5 Å². The second-order valence-corrected chi connectivity index (χ2v) is 3.67. The molecule has 0 aromatic heterocycles. The lowest BCUT2D eigenvalue weighted by atomic mass is 10.2. The monoisotopic (exact) mass is 244 g/mol. The summed E-state index contributed by atoms with van der Waals surface area (Å²) in [5, 5.41) is 0. The maximum absolute atomic E-state index is 5.61. The fourth-order valence-corrected chi connectivity index (χ4v) is 1.14. The van der Waals surface area contributed by atoms with E-state index in [9.17, 15) is 0 Å². The molecule has 0 saturated carbocycles. The van der Waals surface area contributed by atoms with Crippen molar-refractivity contribution in [3.05, 3.63) is 72.0 Å². The van der Waals surface area contributed by atoms with Gasteiger partial charge < -0.3 is 4.74 Å². The van der Waals surface area contributed by atoms with Crippen LogP contribution in [-0.2, 0) is 11.3 Å². The van der Waals surface area contributed by atoms with Gasteiger partial charge in [0, 0.05) is 0 Å². The third-order valence-corrected chi connectivity index (χ3v) is 2.21. The molecule has 1 aromatic rings. The Kier molecular flexibility index (Phi) is 9.38. The lowest BCUT2D eigenvalue weighted by Crippen LogP contribution is -1.89. The first kappa shape index (κ1) is 16.2. The molecule has 0 fully saturated rings. The summed E-state index contributed by atoms with van der Waals surface area (Å²) in [6.07, 6.45) is 5.77. The lowest BCUT2D eigenvalue weighted by molar-refractivity contribution is 0.201. The van der Waals surface area contributed by atoms with Gasteiger partial charge in [0.2, 0.25) is 0 Å². The number of allylic oxidation sites excluding steroid dienone is 5. The quantitative estimate of drug-likeness (QED) is 0.506. The van der Waals surface area contributed by atoms with Crippen molar-refractivity contribution >= 4 is 0 Å². The summed E-state index contributed by atoms with van der Waals surface area (Å²) < 4.78 is 5.61. The number of rotatable bonds is 5. The molecule has 1 heteroatoms. The highest BCUT2D eigenvalue weighted by Crippen LogP contribution is 2.06. The Morgan fingerprint density at radius 1 is 1.11 bits per heavy atom. The minimum absolute atomic E-state index is 0.615. The van der Waals surface area contributed by atoms with Crippen LogP contribution < -0.4 is 0 Å². The zero-order valence-electron chi connectivity index (χ0n) is 11.9. The van der Waals surface area contributed by atoms with Crippen LogP contribution in [0.5, 0.6) is 0 Å². The van der Waals surface area contributed by atoms with E-state index >= 15 is 0 Å². The topological polar surface area (TPSA) is 9.23 Å². The second kappa shape index (κ2) is 10.4. The highest BCUT2D eigenvalue weighted by atomic mass is 16.5. The SMILES string of the molecule is C=C/C(C)=C\C=C(/C)OCc1ccccc1.CC. The van der Waals surface area contributed by atoms with Crippen LogP contribution in [0.4, 0.5) is 0 Å². The van der Waals surface area contributed by atoms with Gasteiger partial charge in [-0.25, -0.2) is 0 Å². The molecular formula is C17H24O. The highest BCUT2D eigenvalue weighted by molar-refractivity contribution is 5.21. The van der Waals surface area contributed by atoms with Crippen molar-refractivity contribution in [3.8, 4) is 0 Å². The van der Waals surface area contributed by atoms with Crippen molar-refractivity contribution in [1.82, 2.24) is 0 Å². The third-order valence-electron chi connectivity index (χ3n) is 2.21. The Balaban J connectivity index is 0.00000137. The molecule has 1 aromatic carbocycles. The predicted octanol–water partition coefficient (Wildman–Crippen LogP) is 5.27. The van der Waals surface area contributed by atoms with Crippen LogP contribution in [0.3, 0.4) is 0 Å². The molecule has 0 heterocycles. The number of hydrogen-bond donors (Lipinski definition) is 0. The van der Waals surface area contributed by atoms with Gasteiger partial charge in [-0.2, -0.15) is 0 Å². The Labute approximate surface area is 111 Å². The van der Waals surface area contributed by atoms with E-state index in [0.29, 0.717) is 6.61 Å². The van der Waals surface area contributed by atoms with Gasteiger partial charge >= 0.3 is 0 Å². The van der Waals surface area contributed by atoms with E-state index in [2.05, 4.69) is 18.7 Å². The Morgan fingerprint density at radius 3 is 2.28 bits per heavy atom. The molecule has 0 radical (unpaired) electrons. The summed E-state index contributed by atoms with van der Waals surface area (Å²) in [5.74, 6) is 0.907. The normalized spacial score (nSPS) is 11.3. The van der Waals surface area contributed by atoms with E-state index in [4.69, 9.17) is 4.74 Å². The summed E-state index contributed by atoms with van der Waals surface area (Å²) >= 11 is 0. The van der Waals surface area contributed by atoms with Gasteiger partial charge in [-0.05, 0) is 25.5 Å². The standard InChI is InChI=1S/C15H18O.C2H6/c1-4-13(2)10-11-14(3)16-12-15-8-6-5-7-9-15;1-2/h4-11H,1,12H2,2-3H3;1-2H3/b13-10-,14-11+;. The predicted molar refractivity (Wildman–Crippen MR) is 80.3 cm³/mol. The molecule has 0 spiro atoms. The van der Waals surface area contributed by atoms with Crippen molar-refractivity contribution < 1.29 is 4.74 Å². The van der Waals surface area contributed by atoms with E-state index < -0.39 is 0 Å². The summed E-state index contributed by atoms with van der Waals surface area (Å²) in [5.41, 5.74) is 2.31. The first-order valence-electron chi connectivity index (χ1n) is 6.36. The van der Waals surface area contributed by atoms with Crippen LogP contribution in [0.25, 0.3) is 0 Å². The zero-order chi connectivity index (χ0) is 13.8. The maximum atomic E-state index is 5.61. The lowest BCUT2D eigenvalue weighted by Gasteiger charge is -2.05. The van der Waals surface area contributed by atoms with E-state index in [1.807, 2.05) is 64.1 Å². The highest BCUT2D eigenvalue weighted by Gasteiger charge is 1.92. The van der Waals surface area contributed by atoms with Gasteiger partial charge in [-0.1, -0.05) is 68.5 Å². The first-order chi connectivity index (χ1) is 8.72. The van der Waals surface area contributed by atoms with E-state index in [-0.39, 0.29) is 0 Å². The molecule has 0 aliphatic rings. The summed E-state index contributed by atoms with van der Waals surface area (Å²) in [7, 11) is 0. The van der Waals surface area contributed by atoms with Gasteiger partial charge in [-0.15, -0.1) is 0 Å². The first-order valence-corrected chi connectivity index (χ1v) is 6.36. The van der Waals surface area contributed by atoms with Crippen molar-refractivity contribution in [3.63, 3.8) is 0 Å². The van der Waals surface area contributed by atoms with Crippen molar-refractivity contribution in [1.29, 1.82) is 0 Å². The van der Waals surface area contributed by atoms with Crippen molar-refractivity contribution in [2.75, 3.05) is 0 Å². The summed E-state index contributed by atoms with van der Waals surface area (Å²) in [6, 6.07) is 10.1. The maximum Gasteiger partial charge on any atom is 0.113 e. The van der Waals surface area contributed by atoms with Gasteiger partial charge in [-0.3, -0.25) is 0 Å². The van der Waals surface area contributed by atoms with Gasteiger partial charge in [0.15, 0.2) is 0 Å². The zero-order valence-corrected chi connectivity index (χ0v) is 11.9. The van der Waals surface area contributed by atoms with Crippen LogP contribution in [-0.4, -0.2) is 0 Å². The second-order valence-electron chi connectivity index (χ2n) is 3.67. The van der Waals surface area contributed by atoms with Gasteiger partial charge in [0.25, 0.3) is 0 Å². The van der Waals surface area contributed by atoms with Crippen molar-refractivity contribution in [2.24, 2.45) is 0 Å². The van der Waals surface area contributed by atoms with Crippen LogP contribution in [0.2, 0.25) is 0 Å². The van der Waals surface area contributed by atoms with E-state index in [1.165, 1.54) is 5.56 Å². The molecule has 1 rings (SSSR count). The molecule has 0 saturated heterocycles. The fourth-order valence-electron chi connectivity index (χ4n) is 1.14. The molecule has 98 valence electrons.